The smallest absolute Gasteiger partial charge is 0.432 e. The summed E-state index contributed by atoms with van der Waals surface area (Å²) in [7, 11) is 0. The van der Waals surface area contributed by atoms with Crippen molar-refractivity contribution in [1.82, 2.24) is 4.98 Å². The van der Waals surface area contributed by atoms with Gasteiger partial charge in [0.05, 0.1) is 17.7 Å². The Labute approximate surface area is 130 Å². The number of H-pyrrole nitrogens is 1. The Hall–Kier alpha value is -2.52. The van der Waals surface area contributed by atoms with Crippen LogP contribution >= 0.6 is 0 Å². The molecule has 0 aliphatic rings. The van der Waals surface area contributed by atoms with Crippen molar-refractivity contribution in [1.29, 1.82) is 0 Å². The van der Waals surface area contributed by atoms with Crippen molar-refractivity contribution in [2.45, 2.75) is 19.3 Å². The Kier molecular flexibility index (Phi) is 4.34. The molecule has 1 aromatic heterocycles. The molecule has 0 bridgehead atoms. The second-order valence-electron chi connectivity index (χ2n) is 4.65. The van der Waals surface area contributed by atoms with Gasteiger partial charge in [-0.2, -0.15) is 26.3 Å². The Morgan fingerprint density at radius 3 is 2.25 bits per heavy atom. The van der Waals surface area contributed by atoms with Crippen LogP contribution in [-0.4, -0.2) is 17.6 Å². The molecule has 0 radical (unpaired) electrons. The summed E-state index contributed by atoms with van der Waals surface area (Å²) in [5.74, 6) is -1.56. The van der Waals surface area contributed by atoms with Gasteiger partial charge in [-0.15, -0.1) is 0 Å². The number of aromatic nitrogens is 1. The van der Waals surface area contributed by atoms with Gasteiger partial charge in [0.25, 0.3) is 0 Å². The van der Waals surface area contributed by atoms with Gasteiger partial charge in [-0.25, -0.2) is 4.79 Å². The number of aromatic amines is 1. The SMILES string of the molecule is CCOC(=O)c1c(C(F)(F)F)[nH]c2c(C(F)(F)F)cccc2c1=O. The van der Waals surface area contributed by atoms with Crippen LogP contribution in [-0.2, 0) is 17.1 Å². The average Bonchev–Trinajstić information content (AvgIpc) is 2.44. The average molecular weight is 353 g/mol. The second kappa shape index (κ2) is 5.84. The molecule has 0 amide bonds. The Bertz CT molecular complexity index is 850. The number of hydrogen-bond acceptors (Lipinski definition) is 3. The molecule has 0 fully saturated rings. The molecule has 1 aromatic carbocycles. The van der Waals surface area contributed by atoms with E-state index in [-0.39, 0.29) is 6.61 Å². The number of fused-ring (bicyclic) bond motifs is 1. The predicted molar refractivity (Wildman–Crippen MR) is 70.5 cm³/mol. The Morgan fingerprint density at radius 1 is 1.12 bits per heavy atom. The van der Waals surface area contributed by atoms with Crippen LogP contribution < -0.4 is 5.43 Å². The van der Waals surface area contributed by atoms with Gasteiger partial charge in [0.1, 0.15) is 11.3 Å². The molecule has 0 saturated carbocycles. The fraction of sp³-hybridized carbons (Fsp3) is 0.286. The summed E-state index contributed by atoms with van der Waals surface area (Å²) in [4.78, 5) is 25.4. The summed E-state index contributed by atoms with van der Waals surface area (Å²) >= 11 is 0. The maximum atomic E-state index is 13.1. The number of carbonyl (C=O) groups excluding carboxylic acids is 1. The van der Waals surface area contributed by atoms with Crippen LogP contribution in [0.5, 0.6) is 0 Å². The van der Waals surface area contributed by atoms with E-state index in [0.717, 1.165) is 12.1 Å². The third-order valence-electron chi connectivity index (χ3n) is 3.10. The predicted octanol–water partition coefficient (Wildman–Crippen LogP) is 3.74. The van der Waals surface area contributed by atoms with Crippen LogP contribution in [0.25, 0.3) is 10.9 Å². The summed E-state index contributed by atoms with van der Waals surface area (Å²) < 4.78 is 82.7. The monoisotopic (exact) mass is 353 g/mol. The first-order chi connectivity index (χ1) is 11.0. The molecular weight excluding hydrogens is 344 g/mol. The van der Waals surface area contributed by atoms with Gasteiger partial charge in [0, 0.05) is 5.39 Å². The highest BCUT2D eigenvalue weighted by Crippen LogP contribution is 2.36. The number of ether oxygens (including phenoxy) is 1. The molecule has 0 aliphatic heterocycles. The minimum Gasteiger partial charge on any atom is -0.462 e. The second-order valence-corrected chi connectivity index (χ2v) is 4.65. The van der Waals surface area contributed by atoms with Crippen molar-refractivity contribution in [3.8, 4) is 0 Å². The standard InChI is InChI=1S/C14H9F6NO3/c1-2-24-12(23)8-10(22)6-4-3-5-7(13(15,16)17)9(6)21-11(8)14(18,19)20/h3-5H,2H2,1H3,(H,21,22). The van der Waals surface area contributed by atoms with Gasteiger partial charge in [-0.05, 0) is 19.1 Å². The summed E-state index contributed by atoms with van der Waals surface area (Å²) in [6.07, 6.45) is -10.2. The first-order valence-electron chi connectivity index (χ1n) is 6.49. The summed E-state index contributed by atoms with van der Waals surface area (Å²) in [5, 5.41) is -0.694. The van der Waals surface area contributed by atoms with Crippen LogP contribution in [0.2, 0.25) is 0 Å². The zero-order valence-electron chi connectivity index (χ0n) is 11.9. The van der Waals surface area contributed by atoms with E-state index >= 15 is 0 Å². The molecule has 2 rings (SSSR count). The molecule has 0 saturated heterocycles. The highest BCUT2D eigenvalue weighted by atomic mass is 19.4. The fourth-order valence-corrected chi connectivity index (χ4v) is 2.16. The van der Waals surface area contributed by atoms with Gasteiger partial charge >= 0.3 is 18.3 Å². The molecule has 0 aliphatic carbocycles. The molecule has 1 N–H and O–H groups in total. The number of halogens is 6. The van der Waals surface area contributed by atoms with E-state index in [1.54, 1.807) is 4.98 Å². The molecular formula is C14H9F6NO3. The van der Waals surface area contributed by atoms with Crippen molar-refractivity contribution < 1.29 is 35.9 Å². The Balaban J connectivity index is 2.97. The van der Waals surface area contributed by atoms with Crippen LogP contribution in [0.3, 0.4) is 0 Å². The van der Waals surface area contributed by atoms with Crippen LogP contribution in [0, 0.1) is 0 Å². The van der Waals surface area contributed by atoms with Gasteiger partial charge in [0.15, 0.2) is 0 Å². The van der Waals surface area contributed by atoms with Gasteiger partial charge in [-0.3, -0.25) is 4.79 Å². The first kappa shape index (κ1) is 17.8. The van der Waals surface area contributed by atoms with Gasteiger partial charge in [-0.1, -0.05) is 6.07 Å². The summed E-state index contributed by atoms with van der Waals surface area (Å²) in [5.41, 5.74) is -7.24. The van der Waals surface area contributed by atoms with E-state index in [9.17, 15) is 35.9 Å². The number of rotatable bonds is 2. The van der Waals surface area contributed by atoms with Crippen LogP contribution in [0.15, 0.2) is 23.0 Å². The minimum atomic E-state index is -5.26. The fourth-order valence-electron chi connectivity index (χ4n) is 2.16. The lowest BCUT2D eigenvalue weighted by Gasteiger charge is -2.16. The molecule has 2 aromatic rings. The van der Waals surface area contributed by atoms with Gasteiger partial charge < -0.3 is 9.72 Å². The number of hydrogen-bond donors (Lipinski definition) is 1. The maximum Gasteiger partial charge on any atom is 0.432 e. The number of carbonyl (C=O) groups is 1. The number of esters is 1. The normalized spacial score (nSPS) is 12.5. The Morgan fingerprint density at radius 2 is 1.75 bits per heavy atom. The van der Waals surface area contributed by atoms with E-state index in [2.05, 4.69) is 4.74 Å². The zero-order valence-corrected chi connectivity index (χ0v) is 11.9. The van der Waals surface area contributed by atoms with Crippen LogP contribution in [0.4, 0.5) is 26.3 Å². The molecule has 4 nitrogen and oxygen atoms in total. The maximum absolute atomic E-state index is 13.1. The molecule has 0 unspecified atom stereocenters. The number of para-hydroxylation sites is 1. The number of alkyl halides is 6. The third kappa shape index (κ3) is 3.08. The highest BCUT2D eigenvalue weighted by molar-refractivity contribution is 5.96. The topological polar surface area (TPSA) is 59.2 Å². The van der Waals surface area contributed by atoms with Gasteiger partial charge in [0.2, 0.25) is 5.43 Å². The van der Waals surface area contributed by atoms with E-state index < -0.39 is 51.5 Å². The van der Waals surface area contributed by atoms with Crippen molar-refractivity contribution in [2.24, 2.45) is 0 Å². The molecule has 130 valence electrons. The summed E-state index contributed by atoms with van der Waals surface area (Å²) in [6, 6.07) is 2.29. The quantitative estimate of drug-likeness (QED) is 0.661. The van der Waals surface area contributed by atoms with E-state index in [1.165, 1.54) is 6.92 Å². The molecule has 24 heavy (non-hydrogen) atoms. The number of benzene rings is 1. The zero-order chi connectivity index (χ0) is 18.3. The first-order valence-corrected chi connectivity index (χ1v) is 6.49. The molecule has 1 heterocycles. The highest BCUT2D eigenvalue weighted by Gasteiger charge is 2.41. The van der Waals surface area contributed by atoms with Crippen molar-refractivity contribution >= 4 is 16.9 Å². The van der Waals surface area contributed by atoms with Crippen molar-refractivity contribution in [3.63, 3.8) is 0 Å². The molecule has 0 spiro atoms. The largest absolute Gasteiger partial charge is 0.462 e. The number of pyridine rings is 1. The van der Waals surface area contributed by atoms with E-state index in [4.69, 9.17) is 0 Å². The third-order valence-corrected chi connectivity index (χ3v) is 3.10. The lowest BCUT2D eigenvalue weighted by molar-refractivity contribution is -0.142. The van der Waals surface area contributed by atoms with Crippen molar-refractivity contribution in [3.05, 3.63) is 45.2 Å². The van der Waals surface area contributed by atoms with E-state index in [0.29, 0.717) is 6.07 Å². The summed E-state index contributed by atoms with van der Waals surface area (Å²) in [6.45, 7) is 0.998. The molecule has 10 heteroatoms. The minimum absolute atomic E-state index is 0.309. The van der Waals surface area contributed by atoms with E-state index in [1.807, 2.05) is 0 Å². The molecule has 0 atom stereocenters. The number of nitrogens with one attached hydrogen (secondary N) is 1. The lowest BCUT2D eigenvalue weighted by atomic mass is 10.0. The van der Waals surface area contributed by atoms with Crippen LogP contribution in [0.1, 0.15) is 28.5 Å². The van der Waals surface area contributed by atoms with Crippen molar-refractivity contribution in [2.75, 3.05) is 6.61 Å². The lowest BCUT2D eigenvalue weighted by Crippen LogP contribution is -2.27.